The predicted molar refractivity (Wildman–Crippen MR) is 128 cm³/mol. The zero-order chi connectivity index (χ0) is 23.3. The van der Waals surface area contributed by atoms with Crippen molar-refractivity contribution in [2.45, 2.75) is 32.5 Å². The van der Waals surface area contributed by atoms with Gasteiger partial charge < -0.3 is 9.47 Å². The van der Waals surface area contributed by atoms with E-state index in [1.165, 1.54) is 0 Å². The van der Waals surface area contributed by atoms with E-state index in [2.05, 4.69) is 9.97 Å². The molecule has 0 spiro atoms. The number of ether oxygens (including phenoxy) is 2. The highest BCUT2D eigenvalue weighted by Crippen LogP contribution is 2.31. The summed E-state index contributed by atoms with van der Waals surface area (Å²) in [5.41, 5.74) is 6.85. The first-order valence-corrected chi connectivity index (χ1v) is 10.9. The second-order valence-electron chi connectivity index (χ2n) is 7.91. The molecule has 0 N–H and O–H groups in total. The molecule has 6 nitrogen and oxygen atoms in total. The summed E-state index contributed by atoms with van der Waals surface area (Å²) in [6, 6.07) is 23.7. The quantitative estimate of drug-likeness (QED) is 0.347. The Hall–Kier alpha value is -3.48. The third-order valence-corrected chi connectivity index (χ3v) is 5.62. The van der Waals surface area contributed by atoms with Crippen molar-refractivity contribution in [3.8, 4) is 22.8 Å². The van der Waals surface area contributed by atoms with Gasteiger partial charge in [0.05, 0.1) is 22.8 Å². The Morgan fingerprint density at radius 2 is 1.09 bits per heavy atom. The topological polar surface area (TPSA) is 70.0 Å². The largest absolute Gasteiger partial charge is 0.348 e. The zero-order valence-corrected chi connectivity index (χ0v) is 19.4. The van der Waals surface area contributed by atoms with E-state index >= 15 is 0 Å². The molecule has 0 radical (unpaired) electrons. The first-order chi connectivity index (χ1) is 16.0. The molecule has 0 saturated carbocycles. The van der Waals surface area contributed by atoms with Crippen molar-refractivity contribution >= 4 is 0 Å². The van der Waals surface area contributed by atoms with Gasteiger partial charge in [-0.2, -0.15) is 0 Å². The van der Waals surface area contributed by atoms with Crippen molar-refractivity contribution in [1.29, 1.82) is 0 Å². The van der Waals surface area contributed by atoms with Gasteiger partial charge in [0.25, 0.3) is 0 Å². The number of rotatable bonds is 8. The number of aromatic nitrogens is 4. The number of pyridine rings is 4. The lowest BCUT2D eigenvalue weighted by atomic mass is 10.0. The minimum atomic E-state index is -1.00. The van der Waals surface area contributed by atoms with E-state index in [1.807, 2.05) is 86.6 Å². The van der Waals surface area contributed by atoms with Gasteiger partial charge in [0.15, 0.2) is 0 Å². The summed E-state index contributed by atoms with van der Waals surface area (Å²) < 4.78 is 11.8. The lowest BCUT2D eigenvalue weighted by Gasteiger charge is -2.30. The van der Waals surface area contributed by atoms with Gasteiger partial charge in [-0.1, -0.05) is 24.3 Å². The summed E-state index contributed by atoms with van der Waals surface area (Å²) in [6.07, 6.45) is 1.20. The summed E-state index contributed by atoms with van der Waals surface area (Å²) in [4.78, 5) is 18.8. The Bertz CT molecular complexity index is 1240. The van der Waals surface area contributed by atoms with Crippen LogP contribution in [0.25, 0.3) is 22.8 Å². The summed E-state index contributed by atoms with van der Waals surface area (Å²) in [5, 5.41) is 0. The minimum absolute atomic E-state index is 0.551. The number of hydrogen-bond acceptors (Lipinski definition) is 6. The molecule has 4 rings (SSSR count). The molecular weight excluding hydrogens is 412 g/mol. The molecular formula is C27H28N4O2. The van der Waals surface area contributed by atoms with Crippen LogP contribution in [-0.4, -0.2) is 34.2 Å². The zero-order valence-electron chi connectivity index (χ0n) is 19.4. The van der Waals surface area contributed by atoms with E-state index in [-0.39, 0.29) is 0 Å². The fourth-order valence-corrected chi connectivity index (χ4v) is 3.84. The first-order valence-electron chi connectivity index (χ1n) is 10.9. The van der Waals surface area contributed by atoms with Crippen molar-refractivity contribution in [1.82, 2.24) is 19.9 Å². The lowest BCUT2D eigenvalue weighted by molar-refractivity contribution is -0.222. The molecule has 0 fully saturated rings. The summed E-state index contributed by atoms with van der Waals surface area (Å²) in [6.45, 7) is 3.95. The van der Waals surface area contributed by atoms with Crippen LogP contribution >= 0.6 is 0 Å². The van der Waals surface area contributed by atoms with Gasteiger partial charge in [0, 0.05) is 37.7 Å². The summed E-state index contributed by atoms with van der Waals surface area (Å²) in [7, 11) is 3.28. The molecule has 4 aromatic heterocycles. The van der Waals surface area contributed by atoms with Gasteiger partial charge in [-0.3, -0.25) is 15.0 Å². The van der Waals surface area contributed by atoms with Crippen molar-refractivity contribution in [2.75, 3.05) is 14.2 Å². The third-order valence-electron chi connectivity index (χ3n) is 5.62. The summed E-state index contributed by atoms with van der Waals surface area (Å²) >= 11 is 0. The smallest absolute Gasteiger partial charge is 0.212 e. The molecule has 6 heteroatoms. The van der Waals surface area contributed by atoms with Gasteiger partial charge >= 0.3 is 0 Å². The van der Waals surface area contributed by atoms with Crippen LogP contribution in [0, 0.1) is 13.8 Å². The van der Waals surface area contributed by atoms with Crippen molar-refractivity contribution < 1.29 is 9.47 Å². The predicted octanol–water partition coefficient (Wildman–Crippen LogP) is 5.30. The molecule has 4 heterocycles. The molecule has 0 aliphatic heterocycles. The Labute approximate surface area is 194 Å². The molecule has 0 atom stereocenters. The van der Waals surface area contributed by atoms with Gasteiger partial charge in [-0.25, -0.2) is 4.98 Å². The van der Waals surface area contributed by atoms with Crippen LogP contribution in [0.2, 0.25) is 0 Å². The second kappa shape index (κ2) is 9.98. The first kappa shape index (κ1) is 22.7. The van der Waals surface area contributed by atoms with E-state index in [0.29, 0.717) is 18.5 Å². The maximum absolute atomic E-state index is 5.89. The van der Waals surface area contributed by atoms with Gasteiger partial charge in [0.2, 0.25) is 5.79 Å². The Morgan fingerprint density at radius 1 is 0.606 bits per heavy atom. The minimum Gasteiger partial charge on any atom is -0.348 e. The molecule has 168 valence electrons. The van der Waals surface area contributed by atoms with Crippen LogP contribution in [0.15, 0.2) is 72.8 Å². The lowest BCUT2D eigenvalue weighted by Crippen LogP contribution is -2.33. The molecule has 0 saturated heterocycles. The van der Waals surface area contributed by atoms with Gasteiger partial charge in [-0.05, 0) is 68.8 Å². The molecule has 33 heavy (non-hydrogen) atoms. The monoisotopic (exact) mass is 440 g/mol. The van der Waals surface area contributed by atoms with Crippen molar-refractivity contribution in [3.05, 3.63) is 95.6 Å². The third kappa shape index (κ3) is 5.13. The molecule has 0 unspecified atom stereocenters. The maximum atomic E-state index is 5.89. The number of methoxy groups -OCH3 is 2. The second-order valence-corrected chi connectivity index (χ2v) is 7.91. The van der Waals surface area contributed by atoms with E-state index in [1.54, 1.807) is 14.2 Å². The molecule has 0 aliphatic rings. The average molecular weight is 441 g/mol. The number of aryl methyl sites for hydroxylation is 3. The normalized spacial score (nSPS) is 11.5. The average Bonchev–Trinajstić information content (AvgIpc) is 2.85. The highest BCUT2D eigenvalue weighted by Gasteiger charge is 2.34. The van der Waals surface area contributed by atoms with E-state index in [9.17, 15) is 0 Å². The fraction of sp³-hybridized carbons (Fsp3) is 0.259. The van der Waals surface area contributed by atoms with Gasteiger partial charge in [-0.15, -0.1) is 0 Å². The Balaban J connectivity index is 1.59. The van der Waals surface area contributed by atoms with Crippen molar-refractivity contribution in [3.63, 3.8) is 0 Å². The van der Waals surface area contributed by atoms with E-state index < -0.39 is 5.79 Å². The Morgan fingerprint density at radius 3 is 1.64 bits per heavy atom. The van der Waals surface area contributed by atoms with Crippen LogP contribution in [0.3, 0.4) is 0 Å². The highest BCUT2D eigenvalue weighted by atomic mass is 16.7. The Kier molecular flexibility index (Phi) is 6.87. The van der Waals surface area contributed by atoms with Crippen LogP contribution in [0.4, 0.5) is 0 Å². The molecule has 4 aromatic rings. The maximum Gasteiger partial charge on any atom is 0.212 e. The van der Waals surface area contributed by atoms with Crippen LogP contribution < -0.4 is 0 Å². The highest BCUT2D eigenvalue weighted by molar-refractivity contribution is 5.55. The van der Waals surface area contributed by atoms with Crippen LogP contribution in [0.5, 0.6) is 0 Å². The SMILES string of the molecule is COC(CCc1cccc(-c2cccc(C)n2)n1)(OC)c1cccc(-c2cccc(C)n2)n1. The molecule has 0 aromatic carbocycles. The standard InChI is InChI=1S/C27H28N4O2/c1-19-9-5-12-22(28-19)24-14-7-11-21(30-24)17-18-27(32-3,33-4)26-16-8-15-25(31-26)23-13-6-10-20(2)29-23/h5-16H,17-18H2,1-4H3. The molecule has 0 amide bonds. The van der Waals surface area contributed by atoms with Crippen LogP contribution in [0.1, 0.15) is 29.2 Å². The van der Waals surface area contributed by atoms with E-state index in [0.717, 1.165) is 39.9 Å². The van der Waals surface area contributed by atoms with Gasteiger partial charge in [0.1, 0.15) is 5.69 Å². The summed E-state index contributed by atoms with van der Waals surface area (Å²) in [5.74, 6) is -1.00. The molecule has 0 aliphatic carbocycles. The number of hydrogen-bond donors (Lipinski definition) is 0. The van der Waals surface area contributed by atoms with Crippen molar-refractivity contribution in [2.24, 2.45) is 0 Å². The van der Waals surface area contributed by atoms with E-state index in [4.69, 9.17) is 19.4 Å². The fourth-order valence-electron chi connectivity index (χ4n) is 3.84. The van der Waals surface area contributed by atoms with Crippen LogP contribution in [-0.2, 0) is 21.7 Å². The number of nitrogens with zero attached hydrogens (tertiary/aromatic N) is 4. The molecule has 0 bridgehead atoms.